The monoisotopic (exact) mass is 270 g/mol. The van der Waals surface area contributed by atoms with Crippen LogP contribution in [0.25, 0.3) is 0 Å². The molecule has 4 heteroatoms. The summed E-state index contributed by atoms with van der Waals surface area (Å²) < 4.78 is 5.60. The molecule has 104 valence electrons. The minimum atomic E-state index is -0.506. The second-order valence-corrected chi connectivity index (χ2v) is 5.00. The van der Waals surface area contributed by atoms with Gasteiger partial charge in [-0.15, -0.1) is 0 Å². The molecule has 0 bridgehead atoms. The molecule has 20 heavy (non-hydrogen) atoms. The molecule has 0 aromatic heterocycles. The molecule has 2 N–H and O–H groups in total. The number of aliphatic hydroxyl groups is 1. The number of likely N-dealkylation sites (N-methyl/N-ethyl adjacent to an activating group) is 1. The van der Waals surface area contributed by atoms with Crippen molar-refractivity contribution in [2.24, 2.45) is 4.99 Å². The summed E-state index contributed by atoms with van der Waals surface area (Å²) in [5.74, 6) is 1.02. The molecule has 0 spiro atoms. The molecule has 0 saturated carbocycles. The van der Waals surface area contributed by atoms with Crippen molar-refractivity contribution in [3.63, 3.8) is 0 Å². The van der Waals surface area contributed by atoms with Gasteiger partial charge in [-0.05, 0) is 24.8 Å². The van der Waals surface area contributed by atoms with Crippen LogP contribution >= 0.6 is 0 Å². The Bertz CT molecular complexity index is 590. The van der Waals surface area contributed by atoms with E-state index in [1.54, 1.807) is 7.05 Å². The van der Waals surface area contributed by atoms with Gasteiger partial charge in [0.25, 0.3) is 0 Å². The number of hydrogen-bond acceptors (Lipinski definition) is 4. The van der Waals surface area contributed by atoms with Gasteiger partial charge in [0, 0.05) is 18.5 Å². The van der Waals surface area contributed by atoms with Crippen molar-refractivity contribution in [1.82, 2.24) is 5.32 Å². The van der Waals surface area contributed by atoms with Crippen LogP contribution in [0.4, 0.5) is 5.69 Å². The maximum Gasteiger partial charge on any atom is 0.121 e. The number of allylic oxidation sites excluding steroid dienone is 4. The number of nitrogens with one attached hydrogen (secondary N) is 1. The average Bonchev–Trinajstić information content (AvgIpc) is 2.83. The van der Waals surface area contributed by atoms with Crippen molar-refractivity contribution in [3.05, 3.63) is 48.1 Å². The Morgan fingerprint density at radius 1 is 1.40 bits per heavy atom. The summed E-state index contributed by atoms with van der Waals surface area (Å²) in [6.45, 7) is 0.796. The first-order chi connectivity index (χ1) is 9.78. The van der Waals surface area contributed by atoms with Crippen LogP contribution in [0, 0.1) is 0 Å². The predicted octanol–water partition coefficient (Wildman–Crippen LogP) is 1.94. The van der Waals surface area contributed by atoms with Crippen LogP contribution in [0.5, 0.6) is 5.75 Å². The molecule has 2 aliphatic rings. The highest BCUT2D eigenvalue weighted by Crippen LogP contribution is 2.39. The van der Waals surface area contributed by atoms with Gasteiger partial charge in [0.15, 0.2) is 0 Å². The third-order valence-corrected chi connectivity index (χ3v) is 3.47. The Hall–Kier alpha value is -1.91. The van der Waals surface area contributed by atoms with Crippen molar-refractivity contribution in [2.45, 2.75) is 12.0 Å². The van der Waals surface area contributed by atoms with Crippen LogP contribution in [0.1, 0.15) is 11.5 Å². The first kappa shape index (κ1) is 13.1. The van der Waals surface area contributed by atoms with Crippen molar-refractivity contribution in [1.29, 1.82) is 0 Å². The summed E-state index contributed by atoms with van der Waals surface area (Å²) in [5, 5.41) is 12.6. The number of hydrogen-bond donors (Lipinski definition) is 2. The zero-order valence-corrected chi connectivity index (χ0v) is 11.4. The Morgan fingerprint density at radius 3 is 3.15 bits per heavy atom. The number of fused-ring (bicyclic) bond motifs is 3. The highest BCUT2D eigenvalue weighted by molar-refractivity contribution is 6.08. The molecule has 1 aliphatic heterocycles. The molecule has 0 radical (unpaired) electrons. The van der Waals surface area contributed by atoms with Crippen LogP contribution in [0.3, 0.4) is 0 Å². The van der Waals surface area contributed by atoms with Gasteiger partial charge in [0.1, 0.15) is 18.5 Å². The fourth-order valence-corrected chi connectivity index (χ4v) is 2.50. The second kappa shape index (κ2) is 5.61. The Balaban J connectivity index is 1.73. The number of aliphatic imine (C=N–C) groups is 1. The molecule has 3 rings (SSSR count). The minimum absolute atomic E-state index is 0.277. The average molecular weight is 270 g/mol. The Morgan fingerprint density at radius 2 is 2.30 bits per heavy atom. The summed E-state index contributed by atoms with van der Waals surface area (Å²) in [6, 6.07) is 5.93. The molecule has 1 aliphatic carbocycles. The summed E-state index contributed by atoms with van der Waals surface area (Å²) >= 11 is 0. The van der Waals surface area contributed by atoms with E-state index in [0.717, 1.165) is 17.1 Å². The molecule has 1 aromatic rings. The quantitative estimate of drug-likeness (QED) is 0.859. The van der Waals surface area contributed by atoms with E-state index in [2.05, 4.69) is 28.5 Å². The lowest BCUT2D eigenvalue weighted by molar-refractivity contribution is 0.108. The highest BCUT2D eigenvalue weighted by atomic mass is 16.5. The van der Waals surface area contributed by atoms with Crippen LogP contribution < -0.4 is 10.1 Å². The van der Waals surface area contributed by atoms with Crippen molar-refractivity contribution in [2.75, 3.05) is 20.2 Å². The van der Waals surface area contributed by atoms with Crippen LogP contribution in [0.2, 0.25) is 0 Å². The number of aliphatic hydroxyl groups excluding tert-OH is 1. The van der Waals surface area contributed by atoms with E-state index in [4.69, 9.17) is 4.74 Å². The van der Waals surface area contributed by atoms with E-state index in [-0.39, 0.29) is 12.5 Å². The van der Waals surface area contributed by atoms with Gasteiger partial charge in [-0.3, -0.25) is 4.99 Å². The van der Waals surface area contributed by atoms with E-state index >= 15 is 0 Å². The maximum atomic E-state index is 9.64. The zero-order chi connectivity index (χ0) is 13.9. The summed E-state index contributed by atoms with van der Waals surface area (Å²) in [7, 11) is 1.80. The Kier molecular flexibility index (Phi) is 3.67. The maximum absolute atomic E-state index is 9.64. The normalized spacial score (nSPS) is 20.3. The highest BCUT2D eigenvalue weighted by Gasteiger charge is 2.24. The molecular formula is C16H18N2O2. The van der Waals surface area contributed by atoms with E-state index in [1.165, 1.54) is 5.56 Å². The van der Waals surface area contributed by atoms with Crippen LogP contribution in [-0.2, 0) is 0 Å². The largest absolute Gasteiger partial charge is 0.491 e. The van der Waals surface area contributed by atoms with Gasteiger partial charge >= 0.3 is 0 Å². The van der Waals surface area contributed by atoms with Gasteiger partial charge in [-0.25, -0.2) is 0 Å². The first-order valence-corrected chi connectivity index (χ1v) is 6.81. The topological polar surface area (TPSA) is 53.8 Å². The van der Waals surface area contributed by atoms with Crippen molar-refractivity contribution in [3.8, 4) is 5.75 Å². The molecule has 1 aromatic carbocycles. The summed E-state index contributed by atoms with van der Waals surface area (Å²) in [6.07, 6.45) is 7.75. The molecule has 1 heterocycles. The third kappa shape index (κ3) is 2.53. The van der Waals surface area contributed by atoms with Crippen molar-refractivity contribution >= 4 is 11.4 Å². The van der Waals surface area contributed by atoms with Gasteiger partial charge in [-0.1, -0.05) is 24.3 Å². The number of ether oxygens (including phenoxy) is 1. The summed E-state index contributed by atoms with van der Waals surface area (Å²) in [5.41, 5.74) is 3.25. The lowest BCUT2D eigenvalue weighted by Gasteiger charge is -2.13. The lowest BCUT2D eigenvalue weighted by Crippen LogP contribution is -2.29. The lowest BCUT2D eigenvalue weighted by atomic mass is 9.93. The smallest absolute Gasteiger partial charge is 0.121 e. The van der Waals surface area contributed by atoms with Gasteiger partial charge in [0.2, 0.25) is 0 Å². The molecule has 0 amide bonds. The molecule has 2 unspecified atom stereocenters. The number of nitrogens with zero attached hydrogens (tertiary/aromatic N) is 1. The number of rotatable bonds is 5. The van der Waals surface area contributed by atoms with E-state index in [1.807, 2.05) is 24.3 Å². The molecule has 0 fully saturated rings. The SMILES string of the molecule is CNCC(O)COc1ccc2c(c1)N=C1C=CC=CC12. The van der Waals surface area contributed by atoms with Gasteiger partial charge in [-0.2, -0.15) is 0 Å². The molecular weight excluding hydrogens is 252 g/mol. The molecule has 4 nitrogen and oxygen atoms in total. The minimum Gasteiger partial charge on any atom is -0.491 e. The van der Waals surface area contributed by atoms with Crippen LogP contribution in [0.15, 0.2) is 47.5 Å². The third-order valence-electron chi connectivity index (χ3n) is 3.47. The van der Waals surface area contributed by atoms with Gasteiger partial charge in [0.05, 0.1) is 11.4 Å². The van der Waals surface area contributed by atoms with E-state index in [9.17, 15) is 5.11 Å². The van der Waals surface area contributed by atoms with Crippen LogP contribution in [-0.4, -0.2) is 37.1 Å². The van der Waals surface area contributed by atoms with Gasteiger partial charge < -0.3 is 15.2 Å². The fraction of sp³-hybridized carbons (Fsp3) is 0.312. The standard InChI is InChI=1S/C16H18N2O2/c1-17-9-11(19)10-20-12-6-7-14-13-4-2-3-5-15(13)18-16(14)8-12/h2-8,11,13,17,19H,9-10H2,1H3. The molecule has 0 saturated heterocycles. The Labute approximate surface area is 118 Å². The second-order valence-electron chi connectivity index (χ2n) is 5.00. The van der Waals surface area contributed by atoms with E-state index in [0.29, 0.717) is 6.54 Å². The predicted molar refractivity (Wildman–Crippen MR) is 80.0 cm³/mol. The van der Waals surface area contributed by atoms with Crippen molar-refractivity contribution < 1.29 is 9.84 Å². The molecule has 2 atom stereocenters. The van der Waals surface area contributed by atoms with E-state index < -0.39 is 6.10 Å². The first-order valence-electron chi connectivity index (χ1n) is 6.81. The summed E-state index contributed by atoms with van der Waals surface area (Å²) in [4.78, 5) is 4.62. The fourth-order valence-electron chi connectivity index (χ4n) is 2.50. The zero-order valence-electron chi connectivity index (χ0n) is 11.4. The number of benzene rings is 1.